The SMILES string of the molecule is CC1(I)CC(CBr)=NO1. The molecule has 0 aliphatic carbocycles. The summed E-state index contributed by atoms with van der Waals surface area (Å²) in [5.41, 5.74) is 1.09. The maximum absolute atomic E-state index is 5.09. The maximum atomic E-state index is 5.09. The van der Waals surface area contributed by atoms with Crippen LogP contribution in [0.25, 0.3) is 0 Å². The zero-order chi connectivity index (χ0) is 6.91. The molecule has 0 fully saturated rings. The molecular weight excluding hydrogens is 297 g/mol. The van der Waals surface area contributed by atoms with E-state index in [1.54, 1.807) is 0 Å². The number of halogens is 2. The van der Waals surface area contributed by atoms with Crippen molar-refractivity contribution in [3.8, 4) is 0 Å². The van der Waals surface area contributed by atoms with Gasteiger partial charge in [0.25, 0.3) is 0 Å². The molecule has 1 unspecified atom stereocenters. The quantitative estimate of drug-likeness (QED) is 0.538. The van der Waals surface area contributed by atoms with Gasteiger partial charge < -0.3 is 4.84 Å². The first-order chi connectivity index (χ1) is 4.14. The van der Waals surface area contributed by atoms with Gasteiger partial charge in [-0.2, -0.15) is 0 Å². The molecule has 2 nitrogen and oxygen atoms in total. The molecule has 1 atom stereocenters. The third-order valence-corrected chi connectivity index (χ3v) is 2.26. The van der Waals surface area contributed by atoms with Crippen molar-refractivity contribution in [2.24, 2.45) is 5.16 Å². The average molecular weight is 304 g/mol. The highest BCUT2D eigenvalue weighted by Crippen LogP contribution is 2.30. The Morgan fingerprint density at radius 2 is 2.67 bits per heavy atom. The Balaban J connectivity index is 2.50. The van der Waals surface area contributed by atoms with E-state index in [1.807, 2.05) is 6.92 Å². The molecule has 0 bridgehead atoms. The number of rotatable bonds is 1. The lowest BCUT2D eigenvalue weighted by atomic mass is 10.2. The summed E-state index contributed by atoms with van der Waals surface area (Å²) in [5, 5.41) is 4.69. The average Bonchev–Trinajstić information content (AvgIpc) is 2.10. The lowest BCUT2D eigenvalue weighted by molar-refractivity contribution is 0.0856. The van der Waals surface area contributed by atoms with Gasteiger partial charge in [-0.25, -0.2) is 0 Å². The second kappa shape index (κ2) is 2.74. The second-order valence-electron chi connectivity index (χ2n) is 2.16. The molecule has 1 heterocycles. The fraction of sp³-hybridized carbons (Fsp3) is 0.800. The van der Waals surface area contributed by atoms with Gasteiger partial charge in [-0.05, 0) is 29.5 Å². The zero-order valence-corrected chi connectivity index (χ0v) is 8.77. The summed E-state index contributed by atoms with van der Waals surface area (Å²) in [4.78, 5) is 5.09. The van der Waals surface area contributed by atoms with Crippen LogP contribution in [0.4, 0.5) is 0 Å². The van der Waals surface area contributed by atoms with E-state index in [4.69, 9.17) is 4.84 Å². The molecule has 1 aliphatic heterocycles. The van der Waals surface area contributed by atoms with Crippen molar-refractivity contribution < 1.29 is 4.84 Å². The fourth-order valence-electron chi connectivity index (χ4n) is 0.660. The van der Waals surface area contributed by atoms with Crippen molar-refractivity contribution in [3.63, 3.8) is 0 Å². The van der Waals surface area contributed by atoms with Gasteiger partial charge in [0.05, 0.1) is 5.71 Å². The van der Waals surface area contributed by atoms with E-state index in [0.29, 0.717) is 0 Å². The first-order valence-electron chi connectivity index (χ1n) is 2.63. The largest absolute Gasteiger partial charge is 0.379 e. The highest BCUT2D eigenvalue weighted by Gasteiger charge is 2.29. The molecule has 0 aromatic rings. The summed E-state index contributed by atoms with van der Waals surface area (Å²) in [6, 6.07) is 0. The molecular formula is C5H7BrINO. The minimum atomic E-state index is -0.0964. The monoisotopic (exact) mass is 303 g/mol. The van der Waals surface area contributed by atoms with E-state index >= 15 is 0 Å². The fourth-order valence-corrected chi connectivity index (χ4v) is 1.50. The van der Waals surface area contributed by atoms with Gasteiger partial charge in [0.2, 0.25) is 0 Å². The molecule has 0 saturated heterocycles. The standard InChI is InChI=1S/C5H7BrINO/c1-5(7)2-4(3-6)8-9-5/h2-3H2,1H3. The van der Waals surface area contributed by atoms with Crippen LogP contribution >= 0.6 is 38.5 Å². The van der Waals surface area contributed by atoms with Crippen LogP contribution in [0.1, 0.15) is 13.3 Å². The van der Waals surface area contributed by atoms with Crippen LogP contribution in [0.3, 0.4) is 0 Å². The zero-order valence-electron chi connectivity index (χ0n) is 5.03. The molecule has 1 rings (SSSR count). The Bertz CT molecular complexity index is 146. The van der Waals surface area contributed by atoms with E-state index < -0.39 is 0 Å². The summed E-state index contributed by atoms with van der Waals surface area (Å²) < 4.78 is -0.0964. The van der Waals surface area contributed by atoms with Crippen LogP contribution < -0.4 is 0 Å². The van der Waals surface area contributed by atoms with Gasteiger partial charge >= 0.3 is 0 Å². The number of nitrogens with zero attached hydrogens (tertiary/aromatic N) is 1. The third kappa shape index (κ3) is 2.07. The number of alkyl halides is 2. The van der Waals surface area contributed by atoms with Crippen molar-refractivity contribution in [2.75, 3.05) is 5.33 Å². The summed E-state index contributed by atoms with van der Waals surface area (Å²) >= 11 is 5.56. The number of hydrogen-bond acceptors (Lipinski definition) is 2. The molecule has 4 heteroatoms. The minimum absolute atomic E-state index is 0.0964. The molecule has 0 N–H and O–H groups in total. The van der Waals surface area contributed by atoms with Gasteiger partial charge in [-0.15, -0.1) is 0 Å². The van der Waals surface area contributed by atoms with Crippen molar-refractivity contribution in [1.82, 2.24) is 0 Å². The van der Waals surface area contributed by atoms with Crippen LogP contribution in [0.2, 0.25) is 0 Å². The predicted molar refractivity (Wildman–Crippen MR) is 49.4 cm³/mol. The molecule has 0 amide bonds. The Labute approximate surface area is 76.3 Å². The summed E-state index contributed by atoms with van der Waals surface area (Å²) in [6.07, 6.45) is 0.929. The van der Waals surface area contributed by atoms with Crippen LogP contribution in [0.15, 0.2) is 5.16 Å². The molecule has 52 valence electrons. The van der Waals surface area contributed by atoms with Crippen molar-refractivity contribution in [2.45, 2.75) is 17.0 Å². The van der Waals surface area contributed by atoms with Crippen molar-refractivity contribution in [3.05, 3.63) is 0 Å². The maximum Gasteiger partial charge on any atom is 0.189 e. The number of oxime groups is 1. The Hall–Kier alpha value is 0.680. The van der Waals surface area contributed by atoms with Gasteiger partial charge in [0.15, 0.2) is 3.61 Å². The minimum Gasteiger partial charge on any atom is -0.379 e. The van der Waals surface area contributed by atoms with Crippen molar-refractivity contribution >= 4 is 44.2 Å². The predicted octanol–water partition coefficient (Wildman–Crippen LogP) is 2.31. The summed E-state index contributed by atoms with van der Waals surface area (Å²) in [7, 11) is 0. The first-order valence-corrected chi connectivity index (χ1v) is 4.83. The van der Waals surface area contributed by atoms with Crippen molar-refractivity contribution in [1.29, 1.82) is 0 Å². The molecule has 0 radical (unpaired) electrons. The molecule has 0 aromatic heterocycles. The van der Waals surface area contributed by atoms with Crippen LogP contribution in [0, 0.1) is 0 Å². The van der Waals surface area contributed by atoms with E-state index in [0.717, 1.165) is 17.5 Å². The van der Waals surface area contributed by atoms with E-state index in [9.17, 15) is 0 Å². The first kappa shape index (κ1) is 7.78. The molecule has 9 heavy (non-hydrogen) atoms. The summed E-state index contributed by atoms with van der Waals surface area (Å²) in [6.45, 7) is 2.02. The lowest BCUT2D eigenvalue weighted by Gasteiger charge is -2.10. The van der Waals surface area contributed by atoms with Crippen LogP contribution in [-0.2, 0) is 4.84 Å². The normalized spacial score (nSPS) is 33.9. The number of hydrogen-bond donors (Lipinski definition) is 0. The van der Waals surface area contributed by atoms with E-state index in [1.165, 1.54) is 0 Å². The smallest absolute Gasteiger partial charge is 0.189 e. The lowest BCUT2D eigenvalue weighted by Crippen LogP contribution is -2.14. The highest BCUT2D eigenvalue weighted by molar-refractivity contribution is 14.1. The van der Waals surface area contributed by atoms with Crippen LogP contribution in [-0.4, -0.2) is 14.6 Å². The van der Waals surface area contributed by atoms with Gasteiger partial charge in [-0.3, -0.25) is 0 Å². The van der Waals surface area contributed by atoms with Crippen LogP contribution in [0.5, 0.6) is 0 Å². The Morgan fingerprint density at radius 1 is 2.00 bits per heavy atom. The molecule has 1 aliphatic rings. The Kier molecular flexibility index (Phi) is 2.37. The second-order valence-corrected chi connectivity index (χ2v) is 5.00. The third-order valence-electron chi connectivity index (χ3n) is 1.04. The topological polar surface area (TPSA) is 21.6 Å². The van der Waals surface area contributed by atoms with Gasteiger partial charge in [0.1, 0.15) is 0 Å². The molecule has 0 aromatic carbocycles. The highest BCUT2D eigenvalue weighted by atomic mass is 127. The van der Waals surface area contributed by atoms with E-state index in [2.05, 4.69) is 43.7 Å². The molecule has 0 spiro atoms. The van der Waals surface area contributed by atoms with Gasteiger partial charge in [-0.1, -0.05) is 21.1 Å². The van der Waals surface area contributed by atoms with Gasteiger partial charge in [0, 0.05) is 11.8 Å². The van der Waals surface area contributed by atoms with E-state index in [-0.39, 0.29) is 3.61 Å². The summed E-state index contributed by atoms with van der Waals surface area (Å²) in [5.74, 6) is 0. The Morgan fingerprint density at radius 3 is 2.89 bits per heavy atom. The molecule has 0 saturated carbocycles.